The van der Waals surface area contributed by atoms with Gasteiger partial charge in [0.2, 0.25) is 6.29 Å². The van der Waals surface area contributed by atoms with Crippen LogP contribution in [0, 0.1) is 0 Å². The van der Waals surface area contributed by atoms with E-state index in [0.29, 0.717) is 6.54 Å². The largest absolute Gasteiger partial charge is 0.467 e. The highest BCUT2D eigenvalue weighted by molar-refractivity contribution is 5.01. The van der Waals surface area contributed by atoms with Gasteiger partial charge in [0, 0.05) is 7.11 Å². The Hall–Kier alpha value is -0.580. The Morgan fingerprint density at radius 2 is 2.55 bits per heavy atom. The van der Waals surface area contributed by atoms with Crippen LogP contribution in [0.15, 0.2) is 11.8 Å². The fourth-order valence-electron chi connectivity index (χ4n) is 1.02. The molecule has 4 nitrogen and oxygen atoms in total. The average molecular weight is 158 g/mol. The molecule has 4 N–H and O–H groups in total. The molecule has 0 bridgehead atoms. The van der Waals surface area contributed by atoms with Gasteiger partial charge in [-0.2, -0.15) is 0 Å². The fraction of sp³-hybridized carbons (Fsp3) is 0.714. The van der Waals surface area contributed by atoms with Gasteiger partial charge in [-0.1, -0.05) is 0 Å². The quantitative estimate of drug-likeness (QED) is 0.571. The van der Waals surface area contributed by atoms with Gasteiger partial charge in [0.15, 0.2) is 0 Å². The van der Waals surface area contributed by atoms with E-state index in [4.69, 9.17) is 20.9 Å². The van der Waals surface area contributed by atoms with Crippen LogP contribution in [0.3, 0.4) is 0 Å². The highest BCUT2D eigenvalue weighted by Crippen LogP contribution is 2.15. The third-order valence-electron chi connectivity index (χ3n) is 1.67. The first kappa shape index (κ1) is 8.52. The van der Waals surface area contributed by atoms with Crippen LogP contribution in [0.25, 0.3) is 0 Å². The van der Waals surface area contributed by atoms with Crippen LogP contribution < -0.4 is 11.5 Å². The van der Waals surface area contributed by atoms with E-state index in [0.717, 1.165) is 12.2 Å². The minimum Gasteiger partial charge on any atom is -0.467 e. The Kier molecular flexibility index (Phi) is 2.87. The van der Waals surface area contributed by atoms with Crippen molar-refractivity contribution in [2.24, 2.45) is 11.5 Å². The molecule has 1 aliphatic rings. The summed E-state index contributed by atoms with van der Waals surface area (Å²) in [5.74, 6) is 0.763. The second kappa shape index (κ2) is 3.71. The van der Waals surface area contributed by atoms with Gasteiger partial charge in [-0.25, -0.2) is 0 Å². The number of methoxy groups -OCH3 is 1. The molecular formula is C7H14N2O2. The van der Waals surface area contributed by atoms with Crippen LogP contribution in [-0.2, 0) is 9.47 Å². The number of hydrogen-bond acceptors (Lipinski definition) is 4. The molecule has 64 valence electrons. The highest BCUT2D eigenvalue weighted by atomic mass is 16.7. The van der Waals surface area contributed by atoms with E-state index in [1.54, 1.807) is 7.11 Å². The van der Waals surface area contributed by atoms with Gasteiger partial charge in [-0.15, -0.1) is 0 Å². The van der Waals surface area contributed by atoms with Crippen LogP contribution >= 0.6 is 0 Å². The normalized spacial score (nSPS) is 31.0. The molecule has 0 fully saturated rings. The predicted molar refractivity (Wildman–Crippen MR) is 41.6 cm³/mol. The molecule has 2 unspecified atom stereocenters. The minimum absolute atomic E-state index is 0.0738. The predicted octanol–water partition coefficient (Wildman–Crippen LogP) is -0.451. The maximum absolute atomic E-state index is 5.67. The minimum atomic E-state index is -0.335. The summed E-state index contributed by atoms with van der Waals surface area (Å²) in [5, 5.41) is 0. The van der Waals surface area contributed by atoms with Gasteiger partial charge >= 0.3 is 0 Å². The third kappa shape index (κ3) is 1.92. The van der Waals surface area contributed by atoms with Crippen LogP contribution in [0.2, 0.25) is 0 Å². The Morgan fingerprint density at radius 3 is 3.09 bits per heavy atom. The zero-order valence-electron chi connectivity index (χ0n) is 6.62. The Balaban J connectivity index is 2.53. The summed E-state index contributed by atoms with van der Waals surface area (Å²) < 4.78 is 10.3. The first-order chi connectivity index (χ1) is 5.27. The molecule has 11 heavy (non-hydrogen) atoms. The van der Waals surface area contributed by atoms with Crippen molar-refractivity contribution in [3.05, 3.63) is 11.8 Å². The summed E-state index contributed by atoms with van der Waals surface area (Å²) >= 11 is 0. The molecule has 0 saturated heterocycles. The Bertz CT molecular complexity index is 159. The van der Waals surface area contributed by atoms with Crippen molar-refractivity contribution in [3.8, 4) is 0 Å². The lowest BCUT2D eigenvalue weighted by Gasteiger charge is -2.27. The van der Waals surface area contributed by atoms with E-state index in [-0.39, 0.29) is 12.3 Å². The maximum Gasteiger partial charge on any atom is 0.214 e. The van der Waals surface area contributed by atoms with Gasteiger partial charge in [0.1, 0.15) is 5.76 Å². The molecule has 0 aromatic carbocycles. The standard InChI is InChI=1S/C7H14N2O2/c1-10-7-6(9)3-2-5(4-8)11-7/h2,6-7H,3-4,8-9H2,1H3. The fourth-order valence-corrected chi connectivity index (χ4v) is 1.02. The van der Waals surface area contributed by atoms with Crippen molar-refractivity contribution in [1.29, 1.82) is 0 Å². The van der Waals surface area contributed by atoms with Gasteiger partial charge in [0.25, 0.3) is 0 Å². The van der Waals surface area contributed by atoms with Crippen LogP contribution in [0.4, 0.5) is 0 Å². The number of hydrogen-bond donors (Lipinski definition) is 2. The maximum atomic E-state index is 5.67. The molecule has 2 atom stereocenters. The van der Waals surface area contributed by atoms with E-state index in [1.165, 1.54) is 0 Å². The summed E-state index contributed by atoms with van der Waals surface area (Å²) in [5.41, 5.74) is 11.0. The SMILES string of the molecule is COC1OC(CN)=CCC1N. The summed E-state index contributed by atoms with van der Waals surface area (Å²) in [6.45, 7) is 0.409. The molecule has 0 saturated carbocycles. The molecule has 0 spiro atoms. The molecule has 1 aliphatic heterocycles. The Morgan fingerprint density at radius 1 is 1.82 bits per heavy atom. The number of rotatable bonds is 2. The van der Waals surface area contributed by atoms with E-state index in [2.05, 4.69) is 0 Å². The van der Waals surface area contributed by atoms with Crippen LogP contribution in [0.1, 0.15) is 6.42 Å². The van der Waals surface area contributed by atoms with Crippen molar-refractivity contribution in [2.75, 3.05) is 13.7 Å². The van der Waals surface area contributed by atoms with Crippen molar-refractivity contribution < 1.29 is 9.47 Å². The monoisotopic (exact) mass is 158 g/mol. The van der Waals surface area contributed by atoms with Crippen molar-refractivity contribution in [2.45, 2.75) is 18.8 Å². The third-order valence-corrected chi connectivity index (χ3v) is 1.67. The summed E-state index contributed by atoms with van der Waals surface area (Å²) in [7, 11) is 1.57. The molecule has 4 heteroatoms. The molecule has 1 rings (SSSR count). The first-order valence-corrected chi connectivity index (χ1v) is 3.62. The molecule has 0 aromatic heterocycles. The first-order valence-electron chi connectivity index (χ1n) is 3.62. The highest BCUT2D eigenvalue weighted by Gasteiger charge is 2.22. The van der Waals surface area contributed by atoms with Crippen LogP contribution in [0.5, 0.6) is 0 Å². The summed E-state index contributed by atoms with van der Waals surface area (Å²) in [6, 6.07) is -0.0738. The number of ether oxygens (including phenoxy) is 2. The molecule has 0 radical (unpaired) electrons. The smallest absolute Gasteiger partial charge is 0.214 e. The van der Waals surface area contributed by atoms with Gasteiger partial charge in [-0.05, 0) is 12.5 Å². The topological polar surface area (TPSA) is 70.5 Å². The van der Waals surface area contributed by atoms with Gasteiger partial charge in [-0.3, -0.25) is 0 Å². The van der Waals surface area contributed by atoms with E-state index >= 15 is 0 Å². The zero-order chi connectivity index (χ0) is 8.27. The van der Waals surface area contributed by atoms with E-state index in [1.807, 2.05) is 6.08 Å². The lowest BCUT2D eigenvalue weighted by Crippen LogP contribution is -2.40. The summed E-state index contributed by atoms with van der Waals surface area (Å²) in [4.78, 5) is 0. The molecule has 0 aromatic rings. The second-order valence-corrected chi connectivity index (χ2v) is 2.50. The second-order valence-electron chi connectivity index (χ2n) is 2.50. The number of nitrogens with two attached hydrogens (primary N) is 2. The zero-order valence-corrected chi connectivity index (χ0v) is 6.62. The molecular weight excluding hydrogens is 144 g/mol. The van der Waals surface area contributed by atoms with Gasteiger partial charge < -0.3 is 20.9 Å². The lowest BCUT2D eigenvalue weighted by molar-refractivity contribution is -0.115. The van der Waals surface area contributed by atoms with Crippen LogP contribution in [-0.4, -0.2) is 26.0 Å². The molecule has 1 heterocycles. The van der Waals surface area contributed by atoms with E-state index < -0.39 is 0 Å². The van der Waals surface area contributed by atoms with Crippen molar-refractivity contribution >= 4 is 0 Å². The van der Waals surface area contributed by atoms with E-state index in [9.17, 15) is 0 Å². The average Bonchev–Trinajstić information content (AvgIpc) is 2.05. The lowest BCUT2D eigenvalue weighted by atomic mass is 10.1. The summed E-state index contributed by atoms with van der Waals surface area (Å²) in [6.07, 6.45) is 2.34. The molecule has 0 aliphatic carbocycles. The molecule has 0 amide bonds. The Labute approximate surface area is 66.1 Å². The van der Waals surface area contributed by atoms with Crippen molar-refractivity contribution in [1.82, 2.24) is 0 Å². The van der Waals surface area contributed by atoms with Crippen molar-refractivity contribution in [3.63, 3.8) is 0 Å². The van der Waals surface area contributed by atoms with Gasteiger partial charge in [0.05, 0.1) is 12.6 Å².